The molecular weight excluding hydrogens is 172 g/mol. The molecule has 0 spiro atoms. The molecule has 0 aliphatic heterocycles. The Morgan fingerprint density at radius 1 is 1.38 bits per heavy atom. The smallest absolute Gasteiger partial charge is 0.417 e. The first-order valence-electron chi connectivity index (χ1n) is 4.55. The minimum atomic E-state index is -1.52. The molecule has 0 heterocycles. The van der Waals surface area contributed by atoms with Gasteiger partial charge in [0.2, 0.25) is 0 Å². The summed E-state index contributed by atoms with van der Waals surface area (Å²) >= 11 is 0. The van der Waals surface area contributed by atoms with Gasteiger partial charge in [0.05, 0.1) is 0 Å². The lowest BCUT2D eigenvalue weighted by Gasteiger charge is -2.13. The number of unbranched alkanes of at least 4 members (excludes halogenated alkanes) is 1. The Balaban J connectivity index is 3.83. The number of hydrogen-bond donors (Lipinski definition) is 1. The SMILES string of the molecule is CCCCC(CC)OC(=O)C(=O)O. The molecule has 0 aliphatic carbocycles. The molecule has 1 unspecified atom stereocenters. The molecule has 0 rings (SSSR count). The Morgan fingerprint density at radius 2 is 2.00 bits per heavy atom. The van der Waals surface area contributed by atoms with Gasteiger partial charge < -0.3 is 9.84 Å². The lowest BCUT2D eigenvalue weighted by molar-refractivity contribution is -0.167. The first-order valence-corrected chi connectivity index (χ1v) is 4.55. The third-order valence-electron chi connectivity index (χ3n) is 1.78. The highest BCUT2D eigenvalue weighted by Gasteiger charge is 2.17. The molecule has 76 valence electrons. The maximum absolute atomic E-state index is 10.7. The number of carboxylic acids is 1. The van der Waals surface area contributed by atoms with Crippen molar-refractivity contribution in [2.75, 3.05) is 0 Å². The molecule has 0 bridgehead atoms. The van der Waals surface area contributed by atoms with Crippen molar-refractivity contribution in [1.82, 2.24) is 0 Å². The van der Waals surface area contributed by atoms with Crippen LogP contribution in [0.4, 0.5) is 0 Å². The van der Waals surface area contributed by atoms with E-state index >= 15 is 0 Å². The van der Waals surface area contributed by atoms with Gasteiger partial charge in [-0.15, -0.1) is 0 Å². The number of carboxylic acid groups (broad SMARTS) is 1. The van der Waals surface area contributed by atoms with Crippen molar-refractivity contribution >= 4 is 11.9 Å². The molecule has 0 fully saturated rings. The van der Waals surface area contributed by atoms with Crippen LogP contribution < -0.4 is 0 Å². The topological polar surface area (TPSA) is 63.6 Å². The van der Waals surface area contributed by atoms with Crippen molar-refractivity contribution in [2.45, 2.75) is 45.6 Å². The summed E-state index contributed by atoms with van der Waals surface area (Å²) < 4.78 is 4.72. The van der Waals surface area contributed by atoms with E-state index in [0.29, 0.717) is 6.42 Å². The monoisotopic (exact) mass is 188 g/mol. The van der Waals surface area contributed by atoms with E-state index in [1.54, 1.807) is 0 Å². The van der Waals surface area contributed by atoms with Crippen LogP contribution in [0, 0.1) is 0 Å². The molecular formula is C9H16O4. The largest absolute Gasteiger partial charge is 0.473 e. The van der Waals surface area contributed by atoms with Gasteiger partial charge in [-0.05, 0) is 12.8 Å². The highest BCUT2D eigenvalue weighted by molar-refractivity contribution is 6.28. The van der Waals surface area contributed by atoms with E-state index in [1.165, 1.54) is 0 Å². The van der Waals surface area contributed by atoms with Crippen molar-refractivity contribution in [3.63, 3.8) is 0 Å². The molecule has 0 aromatic rings. The molecule has 0 radical (unpaired) electrons. The Labute approximate surface area is 77.9 Å². The van der Waals surface area contributed by atoms with E-state index in [9.17, 15) is 9.59 Å². The molecule has 0 saturated carbocycles. The number of ether oxygens (including phenoxy) is 1. The summed E-state index contributed by atoms with van der Waals surface area (Å²) in [6.07, 6.45) is 3.13. The summed E-state index contributed by atoms with van der Waals surface area (Å²) in [7, 11) is 0. The lowest BCUT2D eigenvalue weighted by Crippen LogP contribution is -2.23. The third kappa shape index (κ3) is 5.22. The fourth-order valence-corrected chi connectivity index (χ4v) is 0.980. The van der Waals surface area contributed by atoms with E-state index in [4.69, 9.17) is 9.84 Å². The zero-order valence-electron chi connectivity index (χ0n) is 8.08. The molecule has 1 atom stereocenters. The van der Waals surface area contributed by atoms with E-state index in [1.807, 2.05) is 13.8 Å². The van der Waals surface area contributed by atoms with Crippen molar-refractivity contribution in [3.05, 3.63) is 0 Å². The van der Waals surface area contributed by atoms with Crippen LogP contribution in [0.5, 0.6) is 0 Å². The van der Waals surface area contributed by atoms with Crippen LogP contribution >= 0.6 is 0 Å². The molecule has 0 saturated heterocycles. The van der Waals surface area contributed by atoms with Crippen LogP contribution in [-0.4, -0.2) is 23.1 Å². The van der Waals surface area contributed by atoms with Gasteiger partial charge in [-0.1, -0.05) is 26.7 Å². The summed E-state index contributed by atoms with van der Waals surface area (Å²) in [6.45, 7) is 3.90. The van der Waals surface area contributed by atoms with Gasteiger partial charge >= 0.3 is 11.9 Å². The van der Waals surface area contributed by atoms with Crippen LogP contribution in [0.15, 0.2) is 0 Å². The average molecular weight is 188 g/mol. The minimum Gasteiger partial charge on any atom is -0.473 e. The molecule has 0 aliphatic rings. The van der Waals surface area contributed by atoms with Crippen LogP contribution in [0.25, 0.3) is 0 Å². The molecule has 1 N–H and O–H groups in total. The highest BCUT2D eigenvalue weighted by atomic mass is 16.6. The van der Waals surface area contributed by atoms with Gasteiger partial charge in [0.25, 0.3) is 0 Å². The van der Waals surface area contributed by atoms with E-state index in [-0.39, 0.29) is 6.10 Å². The Bertz CT molecular complexity index is 176. The Morgan fingerprint density at radius 3 is 2.38 bits per heavy atom. The third-order valence-corrected chi connectivity index (χ3v) is 1.78. The van der Waals surface area contributed by atoms with Crippen molar-refractivity contribution in [2.24, 2.45) is 0 Å². The molecule has 0 amide bonds. The maximum atomic E-state index is 10.7. The highest BCUT2D eigenvalue weighted by Crippen LogP contribution is 2.08. The zero-order chi connectivity index (χ0) is 10.3. The number of hydrogen-bond acceptors (Lipinski definition) is 3. The lowest BCUT2D eigenvalue weighted by atomic mass is 10.1. The molecule has 0 aromatic carbocycles. The normalized spacial score (nSPS) is 12.2. The standard InChI is InChI=1S/C9H16O4/c1-3-5-6-7(4-2)13-9(12)8(10)11/h7H,3-6H2,1-2H3,(H,10,11). The van der Waals surface area contributed by atoms with Gasteiger partial charge in [0, 0.05) is 0 Å². The van der Waals surface area contributed by atoms with Gasteiger partial charge in [-0.25, -0.2) is 9.59 Å². The number of carbonyl (C=O) groups excluding carboxylic acids is 1. The first kappa shape index (κ1) is 11.9. The summed E-state index contributed by atoms with van der Waals surface area (Å²) in [5.74, 6) is -2.67. The first-order chi connectivity index (χ1) is 6.11. The molecule has 13 heavy (non-hydrogen) atoms. The van der Waals surface area contributed by atoms with Crippen LogP contribution in [0.1, 0.15) is 39.5 Å². The van der Waals surface area contributed by atoms with Crippen LogP contribution in [0.2, 0.25) is 0 Å². The average Bonchev–Trinajstić information content (AvgIpc) is 2.11. The predicted octanol–water partition coefficient (Wildman–Crippen LogP) is 1.58. The molecule has 0 aromatic heterocycles. The molecule has 4 nitrogen and oxygen atoms in total. The quantitative estimate of drug-likeness (QED) is 0.525. The van der Waals surface area contributed by atoms with E-state index < -0.39 is 11.9 Å². The van der Waals surface area contributed by atoms with Crippen molar-refractivity contribution in [1.29, 1.82) is 0 Å². The van der Waals surface area contributed by atoms with Crippen LogP contribution in [0.3, 0.4) is 0 Å². The van der Waals surface area contributed by atoms with Gasteiger partial charge in [-0.3, -0.25) is 0 Å². The number of aliphatic carboxylic acids is 1. The van der Waals surface area contributed by atoms with Gasteiger partial charge in [0.15, 0.2) is 0 Å². The van der Waals surface area contributed by atoms with Crippen LogP contribution in [-0.2, 0) is 14.3 Å². The van der Waals surface area contributed by atoms with Crippen molar-refractivity contribution < 1.29 is 19.4 Å². The van der Waals surface area contributed by atoms with E-state index in [2.05, 4.69) is 0 Å². The molecule has 4 heteroatoms. The fraction of sp³-hybridized carbons (Fsp3) is 0.778. The van der Waals surface area contributed by atoms with E-state index in [0.717, 1.165) is 19.3 Å². The minimum absolute atomic E-state index is 0.247. The number of esters is 1. The zero-order valence-corrected chi connectivity index (χ0v) is 8.08. The Kier molecular flexibility index (Phi) is 5.93. The predicted molar refractivity (Wildman–Crippen MR) is 47.3 cm³/mol. The van der Waals surface area contributed by atoms with Gasteiger partial charge in [0.1, 0.15) is 6.10 Å². The van der Waals surface area contributed by atoms with Gasteiger partial charge in [-0.2, -0.15) is 0 Å². The maximum Gasteiger partial charge on any atom is 0.417 e. The summed E-state index contributed by atoms with van der Waals surface area (Å²) in [5, 5.41) is 8.28. The number of carbonyl (C=O) groups is 2. The fourth-order valence-electron chi connectivity index (χ4n) is 0.980. The summed E-state index contributed by atoms with van der Waals surface area (Å²) in [6, 6.07) is 0. The number of rotatable bonds is 5. The second-order valence-electron chi connectivity index (χ2n) is 2.88. The summed E-state index contributed by atoms with van der Waals surface area (Å²) in [5.41, 5.74) is 0. The second kappa shape index (κ2) is 6.46. The second-order valence-corrected chi connectivity index (χ2v) is 2.88. The Hall–Kier alpha value is -1.06. The van der Waals surface area contributed by atoms with Crippen molar-refractivity contribution in [3.8, 4) is 0 Å². The summed E-state index contributed by atoms with van der Waals surface area (Å²) in [4.78, 5) is 20.8.